The molecule has 0 aliphatic carbocycles. The highest BCUT2D eigenvalue weighted by Gasteiger charge is 2.13. The van der Waals surface area contributed by atoms with Crippen molar-refractivity contribution in [2.75, 3.05) is 5.73 Å². The maximum absolute atomic E-state index is 13.1. The third-order valence-corrected chi connectivity index (χ3v) is 3.29. The van der Waals surface area contributed by atoms with E-state index in [2.05, 4.69) is 4.98 Å². The molecule has 1 heterocycles. The fraction of sp³-hybridized carbons (Fsp3) is 0.0714. The van der Waals surface area contributed by atoms with Gasteiger partial charge in [-0.1, -0.05) is 17.7 Å². The highest BCUT2D eigenvalue weighted by molar-refractivity contribution is 6.32. The summed E-state index contributed by atoms with van der Waals surface area (Å²) >= 11 is 6.08. The molecule has 96 valence electrons. The number of nitrogen functional groups attached to an aromatic ring is 1. The van der Waals surface area contributed by atoms with Gasteiger partial charge < -0.3 is 5.73 Å². The number of hydrogen-bond acceptors (Lipinski definition) is 2. The zero-order valence-corrected chi connectivity index (χ0v) is 10.9. The van der Waals surface area contributed by atoms with Gasteiger partial charge in [0, 0.05) is 0 Å². The molecule has 0 saturated carbocycles. The molecule has 0 radical (unpaired) electrons. The topological polar surface area (TPSA) is 43.8 Å². The van der Waals surface area contributed by atoms with Crippen molar-refractivity contribution < 1.29 is 4.39 Å². The standard InChI is InChI=1S/C14H11ClFN3/c1-8-2-4-13-11(6-8)18-14(17)19(13)12-5-3-9(16)7-10(12)15/h2-7H,1H3,(H2,17,18). The van der Waals surface area contributed by atoms with Gasteiger partial charge in [0.25, 0.3) is 0 Å². The summed E-state index contributed by atoms with van der Waals surface area (Å²) in [5.41, 5.74) is 9.29. The molecule has 19 heavy (non-hydrogen) atoms. The minimum Gasteiger partial charge on any atom is -0.369 e. The van der Waals surface area contributed by atoms with Crippen LogP contribution >= 0.6 is 11.6 Å². The molecular weight excluding hydrogens is 265 g/mol. The Hall–Kier alpha value is -2.07. The summed E-state index contributed by atoms with van der Waals surface area (Å²) < 4.78 is 14.8. The molecule has 2 aromatic carbocycles. The van der Waals surface area contributed by atoms with E-state index in [1.807, 2.05) is 25.1 Å². The summed E-state index contributed by atoms with van der Waals surface area (Å²) in [7, 11) is 0. The second-order valence-electron chi connectivity index (χ2n) is 4.39. The van der Waals surface area contributed by atoms with Crippen molar-refractivity contribution in [3.8, 4) is 5.69 Å². The van der Waals surface area contributed by atoms with Crippen LogP contribution in [-0.2, 0) is 0 Å². The summed E-state index contributed by atoms with van der Waals surface area (Å²) in [5.74, 6) is -0.0540. The quantitative estimate of drug-likeness (QED) is 0.736. The van der Waals surface area contributed by atoms with Gasteiger partial charge in [-0.25, -0.2) is 9.37 Å². The molecule has 3 rings (SSSR count). The average Bonchev–Trinajstić information content (AvgIpc) is 2.65. The fourth-order valence-corrected chi connectivity index (χ4v) is 2.38. The van der Waals surface area contributed by atoms with Crippen molar-refractivity contribution in [3.63, 3.8) is 0 Å². The van der Waals surface area contributed by atoms with Gasteiger partial charge in [0.15, 0.2) is 0 Å². The lowest BCUT2D eigenvalue weighted by atomic mass is 10.2. The first-order valence-electron chi connectivity index (χ1n) is 5.76. The number of nitrogens with two attached hydrogens (primary N) is 1. The second kappa shape index (κ2) is 4.24. The molecule has 3 nitrogen and oxygen atoms in total. The Morgan fingerprint density at radius 3 is 2.74 bits per heavy atom. The summed E-state index contributed by atoms with van der Waals surface area (Å²) in [6.45, 7) is 1.99. The summed E-state index contributed by atoms with van der Waals surface area (Å²) in [6, 6.07) is 10.0. The number of benzene rings is 2. The Balaban J connectivity index is 2.33. The number of aryl methyl sites for hydroxylation is 1. The van der Waals surface area contributed by atoms with Gasteiger partial charge in [-0.05, 0) is 42.8 Å². The van der Waals surface area contributed by atoms with Gasteiger partial charge in [0.05, 0.1) is 21.7 Å². The van der Waals surface area contributed by atoms with E-state index in [0.29, 0.717) is 16.7 Å². The summed E-state index contributed by atoms with van der Waals surface area (Å²) in [5, 5.41) is 0.298. The Morgan fingerprint density at radius 1 is 1.21 bits per heavy atom. The SMILES string of the molecule is Cc1ccc2c(c1)nc(N)n2-c1ccc(F)cc1Cl. The Labute approximate surface area is 114 Å². The molecule has 0 atom stereocenters. The maximum atomic E-state index is 13.1. The lowest BCUT2D eigenvalue weighted by Crippen LogP contribution is -2.01. The highest BCUT2D eigenvalue weighted by atomic mass is 35.5. The first-order valence-corrected chi connectivity index (χ1v) is 6.14. The second-order valence-corrected chi connectivity index (χ2v) is 4.80. The average molecular weight is 276 g/mol. The predicted molar refractivity (Wildman–Crippen MR) is 75.2 cm³/mol. The van der Waals surface area contributed by atoms with Crippen molar-refractivity contribution in [1.29, 1.82) is 0 Å². The highest BCUT2D eigenvalue weighted by Crippen LogP contribution is 2.28. The number of fused-ring (bicyclic) bond motifs is 1. The van der Waals surface area contributed by atoms with Crippen LogP contribution in [-0.4, -0.2) is 9.55 Å². The van der Waals surface area contributed by atoms with Crippen LogP contribution in [0.4, 0.5) is 10.3 Å². The van der Waals surface area contributed by atoms with Crippen LogP contribution in [0.15, 0.2) is 36.4 Å². The molecule has 0 spiro atoms. The van der Waals surface area contributed by atoms with E-state index >= 15 is 0 Å². The normalized spacial score (nSPS) is 11.1. The van der Waals surface area contributed by atoms with Gasteiger partial charge in [-0.2, -0.15) is 0 Å². The van der Waals surface area contributed by atoms with Gasteiger partial charge in [-0.15, -0.1) is 0 Å². The number of hydrogen-bond donors (Lipinski definition) is 1. The van der Waals surface area contributed by atoms with Gasteiger partial charge in [0.2, 0.25) is 5.95 Å². The lowest BCUT2D eigenvalue weighted by molar-refractivity contribution is 0.627. The number of imidazole rings is 1. The van der Waals surface area contributed by atoms with Crippen LogP contribution in [0.25, 0.3) is 16.7 Å². The predicted octanol–water partition coefficient (Wildman–Crippen LogP) is 3.71. The van der Waals surface area contributed by atoms with Crippen molar-refractivity contribution >= 4 is 28.6 Å². The smallest absolute Gasteiger partial charge is 0.205 e. The first-order chi connectivity index (χ1) is 9.06. The lowest BCUT2D eigenvalue weighted by Gasteiger charge is -2.08. The zero-order valence-electron chi connectivity index (χ0n) is 10.2. The molecule has 0 amide bonds. The Kier molecular flexibility index (Phi) is 2.68. The van der Waals surface area contributed by atoms with Gasteiger partial charge in [0.1, 0.15) is 5.82 Å². The number of rotatable bonds is 1. The molecule has 1 aromatic heterocycles. The largest absolute Gasteiger partial charge is 0.369 e. The van der Waals surface area contributed by atoms with Gasteiger partial charge >= 0.3 is 0 Å². The fourth-order valence-electron chi connectivity index (χ4n) is 2.12. The van der Waals surface area contributed by atoms with Crippen molar-refractivity contribution in [1.82, 2.24) is 9.55 Å². The summed E-state index contributed by atoms with van der Waals surface area (Å²) in [4.78, 5) is 4.30. The third-order valence-electron chi connectivity index (χ3n) is 2.99. The van der Waals surface area contributed by atoms with E-state index in [9.17, 15) is 4.39 Å². The van der Waals surface area contributed by atoms with Crippen LogP contribution < -0.4 is 5.73 Å². The van der Waals surface area contributed by atoms with E-state index in [-0.39, 0.29) is 5.82 Å². The molecule has 0 fully saturated rings. The zero-order chi connectivity index (χ0) is 13.6. The number of aromatic nitrogens is 2. The van der Waals surface area contributed by atoms with E-state index in [4.69, 9.17) is 17.3 Å². The van der Waals surface area contributed by atoms with Crippen LogP contribution in [0, 0.1) is 12.7 Å². The minimum atomic E-state index is -0.382. The van der Waals surface area contributed by atoms with Gasteiger partial charge in [-0.3, -0.25) is 4.57 Å². The van der Waals surface area contributed by atoms with Crippen LogP contribution in [0.5, 0.6) is 0 Å². The van der Waals surface area contributed by atoms with E-state index in [0.717, 1.165) is 16.6 Å². The molecular formula is C14H11ClFN3. The maximum Gasteiger partial charge on any atom is 0.205 e. The number of nitrogens with zero attached hydrogens (tertiary/aromatic N) is 2. The summed E-state index contributed by atoms with van der Waals surface area (Å²) in [6.07, 6.45) is 0. The van der Waals surface area contributed by atoms with Crippen molar-refractivity contribution in [3.05, 3.63) is 52.8 Å². The third kappa shape index (κ3) is 1.94. The molecule has 0 aliphatic rings. The van der Waals surface area contributed by atoms with Crippen LogP contribution in [0.3, 0.4) is 0 Å². The molecule has 2 N–H and O–H groups in total. The van der Waals surface area contributed by atoms with Crippen LogP contribution in [0.1, 0.15) is 5.56 Å². The molecule has 0 saturated heterocycles. The molecule has 0 unspecified atom stereocenters. The molecule has 5 heteroatoms. The minimum absolute atomic E-state index is 0.298. The monoisotopic (exact) mass is 275 g/mol. The van der Waals surface area contributed by atoms with Crippen LogP contribution in [0.2, 0.25) is 5.02 Å². The molecule has 0 aliphatic heterocycles. The van der Waals surface area contributed by atoms with E-state index in [1.165, 1.54) is 12.1 Å². The number of anilines is 1. The molecule has 0 bridgehead atoms. The first kappa shape index (κ1) is 12.0. The van der Waals surface area contributed by atoms with Crippen molar-refractivity contribution in [2.24, 2.45) is 0 Å². The molecule has 3 aromatic rings. The van der Waals surface area contributed by atoms with E-state index in [1.54, 1.807) is 10.6 Å². The Morgan fingerprint density at radius 2 is 2.00 bits per heavy atom. The number of halogens is 2. The van der Waals surface area contributed by atoms with E-state index < -0.39 is 0 Å². The Bertz CT molecular complexity index is 780. The van der Waals surface area contributed by atoms with Crippen molar-refractivity contribution in [2.45, 2.75) is 6.92 Å².